The molecule has 0 radical (unpaired) electrons. The monoisotopic (exact) mass is 317 g/mol. The minimum Gasteiger partial charge on any atom is -0.368 e. The average Bonchev–Trinajstić information content (AvgIpc) is 2.97. The highest BCUT2D eigenvalue weighted by atomic mass is 16.5. The van der Waals surface area contributed by atoms with Crippen molar-refractivity contribution in [2.45, 2.75) is 44.3 Å². The summed E-state index contributed by atoms with van der Waals surface area (Å²) in [4.78, 5) is 29.4. The predicted molar refractivity (Wildman–Crippen MR) is 84.9 cm³/mol. The van der Waals surface area contributed by atoms with Crippen molar-refractivity contribution in [1.29, 1.82) is 0 Å². The first-order chi connectivity index (χ1) is 11.1. The summed E-state index contributed by atoms with van der Waals surface area (Å²) in [6.45, 7) is 3.54. The lowest BCUT2D eigenvalue weighted by molar-refractivity contribution is -0.135. The fourth-order valence-corrected chi connectivity index (χ4v) is 3.49. The van der Waals surface area contributed by atoms with Crippen LogP contribution < -0.4 is 5.32 Å². The van der Waals surface area contributed by atoms with Crippen molar-refractivity contribution in [3.05, 3.63) is 30.1 Å². The van der Waals surface area contributed by atoms with Gasteiger partial charge in [0.15, 0.2) is 0 Å². The molecule has 2 fully saturated rings. The van der Waals surface area contributed by atoms with E-state index in [-0.39, 0.29) is 23.5 Å². The zero-order valence-electron chi connectivity index (χ0n) is 13.5. The third-order valence-corrected chi connectivity index (χ3v) is 4.75. The van der Waals surface area contributed by atoms with Crippen LogP contribution in [0, 0.1) is 0 Å². The number of nitrogens with one attached hydrogen (secondary N) is 1. The number of pyridine rings is 1. The summed E-state index contributed by atoms with van der Waals surface area (Å²) < 4.78 is 6.28. The number of hydrogen-bond acceptors (Lipinski definition) is 4. The molecule has 1 aromatic rings. The zero-order valence-corrected chi connectivity index (χ0v) is 13.5. The number of carbonyl (C=O) groups is 2. The largest absolute Gasteiger partial charge is 0.368 e. The quantitative estimate of drug-likeness (QED) is 0.914. The van der Waals surface area contributed by atoms with Gasteiger partial charge in [0.05, 0.1) is 17.3 Å². The SMILES string of the molecule is CC(=O)N1CC[C@]2(CCC[C@@H](CNC(=O)c3cccnc3)O2)C1. The topological polar surface area (TPSA) is 71.5 Å². The maximum absolute atomic E-state index is 12.1. The molecule has 124 valence electrons. The molecule has 6 nitrogen and oxygen atoms in total. The van der Waals surface area contributed by atoms with Crippen LogP contribution in [0.4, 0.5) is 0 Å². The minimum atomic E-state index is -0.215. The van der Waals surface area contributed by atoms with Crippen LogP contribution in [0.1, 0.15) is 43.0 Å². The van der Waals surface area contributed by atoms with Gasteiger partial charge >= 0.3 is 0 Å². The number of likely N-dealkylation sites (tertiary alicyclic amines) is 1. The maximum Gasteiger partial charge on any atom is 0.252 e. The number of hydrogen-bond donors (Lipinski definition) is 1. The fraction of sp³-hybridized carbons (Fsp3) is 0.588. The number of carbonyl (C=O) groups excluding carboxylic acids is 2. The van der Waals surface area contributed by atoms with Gasteiger partial charge in [-0.25, -0.2) is 0 Å². The van der Waals surface area contributed by atoms with E-state index in [2.05, 4.69) is 10.3 Å². The second-order valence-electron chi connectivity index (χ2n) is 6.46. The highest BCUT2D eigenvalue weighted by molar-refractivity contribution is 5.93. The molecule has 0 saturated carbocycles. The van der Waals surface area contributed by atoms with E-state index in [1.54, 1.807) is 31.5 Å². The van der Waals surface area contributed by atoms with Gasteiger partial charge in [-0.2, -0.15) is 0 Å². The van der Waals surface area contributed by atoms with Crippen molar-refractivity contribution in [3.63, 3.8) is 0 Å². The molecule has 6 heteroatoms. The molecule has 0 unspecified atom stereocenters. The molecule has 2 saturated heterocycles. The van der Waals surface area contributed by atoms with Gasteiger partial charge in [-0.15, -0.1) is 0 Å². The standard InChI is InChI=1S/C17H23N3O3/c1-13(21)20-9-7-17(12-20)6-2-5-15(23-17)11-19-16(22)14-4-3-8-18-10-14/h3-4,8,10,15H,2,5-7,9,11-12H2,1H3,(H,19,22)/t15-,17+/m0/s1. The summed E-state index contributed by atoms with van der Waals surface area (Å²) in [6, 6.07) is 3.49. The Kier molecular flexibility index (Phi) is 4.61. The van der Waals surface area contributed by atoms with E-state index in [0.29, 0.717) is 18.7 Å². The Morgan fingerprint density at radius 1 is 1.48 bits per heavy atom. The first-order valence-electron chi connectivity index (χ1n) is 8.20. The van der Waals surface area contributed by atoms with Crippen molar-refractivity contribution in [2.75, 3.05) is 19.6 Å². The number of amides is 2. The van der Waals surface area contributed by atoms with Gasteiger partial charge in [-0.1, -0.05) is 0 Å². The molecule has 0 bridgehead atoms. The Bertz CT molecular complexity index is 578. The minimum absolute atomic E-state index is 0.0104. The molecule has 1 spiro atoms. The van der Waals surface area contributed by atoms with Crippen molar-refractivity contribution < 1.29 is 14.3 Å². The number of nitrogens with zero attached hydrogens (tertiary/aromatic N) is 2. The summed E-state index contributed by atoms with van der Waals surface area (Å²) in [5.74, 6) is -0.0180. The van der Waals surface area contributed by atoms with Gasteiger partial charge < -0.3 is 15.0 Å². The molecule has 2 atom stereocenters. The zero-order chi connectivity index (χ0) is 16.3. The summed E-state index contributed by atoms with van der Waals surface area (Å²) in [5, 5.41) is 2.92. The number of ether oxygens (including phenoxy) is 1. The fourth-order valence-electron chi connectivity index (χ4n) is 3.49. The van der Waals surface area contributed by atoms with E-state index in [1.807, 2.05) is 4.90 Å². The molecular weight excluding hydrogens is 294 g/mol. The van der Waals surface area contributed by atoms with E-state index < -0.39 is 0 Å². The Balaban J connectivity index is 1.53. The second kappa shape index (κ2) is 6.66. The molecule has 2 aliphatic heterocycles. The third kappa shape index (κ3) is 3.69. The molecule has 23 heavy (non-hydrogen) atoms. The van der Waals surface area contributed by atoms with Crippen molar-refractivity contribution in [2.24, 2.45) is 0 Å². The average molecular weight is 317 g/mol. The van der Waals surface area contributed by atoms with Gasteiger partial charge in [-0.05, 0) is 37.8 Å². The lowest BCUT2D eigenvalue weighted by atomic mass is 9.90. The van der Waals surface area contributed by atoms with Crippen LogP contribution in [0.5, 0.6) is 0 Å². The van der Waals surface area contributed by atoms with E-state index in [0.717, 1.165) is 32.2 Å². The van der Waals surface area contributed by atoms with Crippen LogP contribution in [0.15, 0.2) is 24.5 Å². The smallest absolute Gasteiger partial charge is 0.252 e. The Labute approximate surface area is 136 Å². The first kappa shape index (κ1) is 15.9. The third-order valence-electron chi connectivity index (χ3n) is 4.75. The normalized spacial score (nSPS) is 27.2. The van der Waals surface area contributed by atoms with Crippen molar-refractivity contribution >= 4 is 11.8 Å². The molecule has 3 heterocycles. The summed E-state index contributed by atoms with van der Waals surface area (Å²) in [6.07, 6.45) is 7.10. The van der Waals surface area contributed by atoms with Gasteiger partial charge in [0, 0.05) is 39.0 Å². The van der Waals surface area contributed by atoms with Gasteiger partial charge in [0.2, 0.25) is 5.91 Å². The van der Waals surface area contributed by atoms with Crippen LogP contribution >= 0.6 is 0 Å². The van der Waals surface area contributed by atoms with E-state index in [4.69, 9.17) is 4.74 Å². The molecule has 3 rings (SSSR count). The van der Waals surface area contributed by atoms with E-state index in [1.165, 1.54) is 0 Å². The summed E-state index contributed by atoms with van der Waals surface area (Å²) >= 11 is 0. The summed E-state index contributed by atoms with van der Waals surface area (Å²) in [5.41, 5.74) is 0.342. The molecule has 1 aromatic heterocycles. The van der Waals surface area contributed by atoms with Gasteiger partial charge in [-0.3, -0.25) is 14.6 Å². The first-order valence-corrected chi connectivity index (χ1v) is 8.20. The Morgan fingerprint density at radius 3 is 3.04 bits per heavy atom. The highest BCUT2D eigenvalue weighted by Gasteiger charge is 2.43. The van der Waals surface area contributed by atoms with Gasteiger partial charge in [0.25, 0.3) is 5.91 Å². The lowest BCUT2D eigenvalue weighted by Crippen LogP contribution is -2.47. The van der Waals surface area contributed by atoms with Crippen LogP contribution in [0.25, 0.3) is 0 Å². The summed E-state index contributed by atoms with van der Waals surface area (Å²) in [7, 11) is 0. The lowest BCUT2D eigenvalue weighted by Gasteiger charge is -2.38. The maximum atomic E-state index is 12.1. The van der Waals surface area contributed by atoms with Crippen LogP contribution in [0.3, 0.4) is 0 Å². The Hall–Kier alpha value is -1.95. The molecule has 0 aromatic carbocycles. The van der Waals surface area contributed by atoms with E-state index in [9.17, 15) is 9.59 Å². The van der Waals surface area contributed by atoms with Crippen LogP contribution in [0.2, 0.25) is 0 Å². The second-order valence-corrected chi connectivity index (χ2v) is 6.46. The number of rotatable bonds is 3. The highest BCUT2D eigenvalue weighted by Crippen LogP contribution is 2.36. The molecule has 2 amide bonds. The van der Waals surface area contributed by atoms with Crippen molar-refractivity contribution in [3.8, 4) is 0 Å². The van der Waals surface area contributed by atoms with E-state index >= 15 is 0 Å². The molecular formula is C17H23N3O3. The van der Waals surface area contributed by atoms with Crippen molar-refractivity contribution in [1.82, 2.24) is 15.2 Å². The number of aromatic nitrogens is 1. The predicted octanol–water partition coefficient (Wildman–Crippen LogP) is 1.37. The van der Waals surface area contributed by atoms with Gasteiger partial charge in [0.1, 0.15) is 0 Å². The Morgan fingerprint density at radius 2 is 2.35 bits per heavy atom. The molecule has 2 aliphatic rings. The van der Waals surface area contributed by atoms with Crippen LogP contribution in [-0.4, -0.2) is 53.0 Å². The van der Waals surface area contributed by atoms with Crippen LogP contribution in [-0.2, 0) is 9.53 Å². The molecule has 1 N–H and O–H groups in total. The molecule has 0 aliphatic carbocycles.